The molecule has 0 aliphatic heterocycles. The van der Waals surface area contributed by atoms with Gasteiger partial charge in [0, 0.05) is 11.3 Å². The largest absolute Gasteiger partial charge is 0.390 e. The quantitative estimate of drug-likeness (QED) is 0.287. The van der Waals surface area contributed by atoms with Crippen LogP contribution in [-0.4, -0.2) is 55.3 Å². The summed E-state index contributed by atoms with van der Waals surface area (Å²) in [6.07, 6.45) is -4.75. The minimum absolute atomic E-state index is 0.317. The van der Waals surface area contributed by atoms with Crippen LogP contribution in [0.15, 0.2) is 0 Å². The molecule has 5 atom stereocenters. The molecular weight excluding hydrogens is 194 g/mol. The predicted octanol–water partition coefficient (Wildman–Crippen LogP) is -2.13. The number of aliphatic hydroxyl groups is 4. The Hall–Kier alpha value is -0.760. The standard InChI is InChI=1S/C7H13NO6/c1-7(12)5(8(13)14)3(9)2-4(10)6(7)11/h3-6,9-12H,2H2,1H3/t3-,4-,5+,6+,7+/m1/s1. The molecule has 0 amide bonds. The average Bonchev–Trinajstić information content (AvgIpc) is 1.98. The highest BCUT2D eigenvalue weighted by molar-refractivity contribution is 5.01. The van der Waals surface area contributed by atoms with Crippen LogP contribution < -0.4 is 0 Å². The summed E-state index contributed by atoms with van der Waals surface area (Å²) >= 11 is 0. The van der Waals surface area contributed by atoms with Crippen molar-refractivity contribution in [3.8, 4) is 0 Å². The zero-order valence-corrected chi connectivity index (χ0v) is 7.57. The van der Waals surface area contributed by atoms with Gasteiger partial charge in [0.25, 0.3) is 6.04 Å². The van der Waals surface area contributed by atoms with Crippen LogP contribution in [0, 0.1) is 10.1 Å². The van der Waals surface area contributed by atoms with Crippen molar-refractivity contribution < 1.29 is 25.3 Å². The third-order valence-electron chi connectivity index (χ3n) is 2.64. The van der Waals surface area contributed by atoms with E-state index in [4.69, 9.17) is 0 Å². The molecular formula is C7H13NO6. The molecule has 14 heavy (non-hydrogen) atoms. The summed E-state index contributed by atoms with van der Waals surface area (Å²) < 4.78 is 0. The van der Waals surface area contributed by atoms with Gasteiger partial charge in [-0.25, -0.2) is 0 Å². The van der Waals surface area contributed by atoms with E-state index in [0.29, 0.717) is 0 Å². The number of aliphatic hydroxyl groups excluding tert-OH is 3. The smallest absolute Gasteiger partial charge is 0.269 e. The van der Waals surface area contributed by atoms with Crippen molar-refractivity contribution in [3.05, 3.63) is 10.1 Å². The summed E-state index contributed by atoms with van der Waals surface area (Å²) in [7, 11) is 0. The van der Waals surface area contributed by atoms with Crippen LogP contribution in [0.2, 0.25) is 0 Å². The molecule has 1 rings (SSSR count). The molecule has 1 aliphatic carbocycles. The Morgan fingerprint density at radius 3 is 2.29 bits per heavy atom. The third-order valence-corrected chi connectivity index (χ3v) is 2.64. The Balaban J connectivity index is 2.99. The lowest BCUT2D eigenvalue weighted by Crippen LogP contribution is -2.66. The van der Waals surface area contributed by atoms with Gasteiger partial charge in [-0.3, -0.25) is 10.1 Å². The first-order chi connectivity index (χ1) is 6.28. The fraction of sp³-hybridized carbons (Fsp3) is 1.00. The van der Waals surface area contributed by atoms with Gasteiger partial charge in [0.2, 0.25) is 0 Å². The molecule has 0 aromatic carbocycles. The molecule has 1 fully saturated rings. The van der Waals surface area contributed by atoms with E-state index < -0.39 is 34.9 Å². The van der Waals surface area contributed by atoms with Crippen molar-refractivity contribution >= 4 is 0 Å². The first-order valence-electron chi connectivity index (χ1n) is 4.18. The second-order valence-electron chi connectivity index (χ2n) is 3.77. The van der Waals surface area contributed by atoms with Crippen LogP contribution in [0.25, 0.3) is 0 Å². The van der Waals surface area contributed by atoms with Crippen LogP contribution in [0.1, 0.15) is 13.3 Å². The van der Waals surface area contributed by atoms with Crippen molar-refractivity contribution in [2.24, 2.45) is 0 Å². The molecule has 0 aromatic heterocycles. The molecule has 0 spiro atoms. The second-order valence-corrected chi connectivity index (χ2v) is 3.77. The minimum Gasteiger partial charge on any atom is -0.390 e. The van der Waals surface area contributed by atoms with E-state index in [1.807, 2.05) is 0 Å². The van der Waals surface area contributed by atoms with Crippen LogP contribution >= 0.6 is 0 Å². The van der Waals surface area contributed by atoms with Gasteiger partial charge in [-0.15, -0.1) is 0 Å². The summed E-state index contributed by atoms with van der Waals surface area (Å²) in [6.45, 7) is 1.02. The van der Waals surface area contributed by atoms with Gasteiger partial charge in [-0.1, -0.05) is 0 Å². The van der Waals surface area contributed by atoms with Crippen LogP contribution in [0.4, 0.5) is 0 Å². The molecule has 0 radical (unpaired) electrons. The summed E-state index contributed by atoms with van der Waals surface area (Å²) in [5.41, 5.74) is -2.12. The fourth-order valence-corrected chi connectivity index (χ4v) is 1.81. The second kappa shape index (κ2) is 3.43. The highest BCUT2D eigenvalue weighted by Crippen LogP contribution is 2.30. The van der Waals surface area contributed by atoms with Gasteiger partial charge < -0.3 is 20.4 Å². The van der Waals surface area contributed by atoms with Crippen LogP contribution in [-0.2, 0) is 0 Å². The number of hydrogen-bond donors (Lipinski definition) is 4. The van der Waals surface area contributed by atoms with E-state index in [-0.39, 0.29) is 6.42 Å². The zero-order chi connectivity index (χ0) is 11.1. The van der Waals surface area contributed by atoms with E-state index in [1.165, 1.54) is 0 Å². The van der Waals surface area contributed by atoms with Crippen LogP contribution in [0.5, 0.6) is 0 Å². The van der Waals surface area contributed by atoms with Crippen molar-refractivity contribution in [2.45, 2.75) is 43.3 Å². The minimum atomic E-state index is -2.12. The third kappa shape index (κ3) is 1.59. The van der Waals surface area contributed by atoms with E-state index >= 15 is 0 Å². The van der Waals surface area contributed by atoms with Gasteiger partial charge >= 0.3 is 0 Å². The Morgan fingerprint density at radius 2 is 1.86 bits per heavy atom. The maximum atomic E-state index is 10.5. The van der Waals surface area contributed by atoms with Crippen molar-refractivity contribution in [1.82, 2.24) is 0 Å². The lowest BCUT2D eigenvalue weighted by molar-refractivity contribution is -0.566. The molecule has 7 nitrogen and oxygen atoms in total. The monoisotopic (exact) mass is 207 g/mol. The van der Waals surface area contributed by atoms with Crippen LogP contribution in [0.3, 0.4) is 0 Å². The predicted molar refractivity (Wildman–Crippen MR) is 44.0 cm³/mol. The molecule has 0 saturated heterocycles. The number of nitro groups is 1. The topological polar surface area (TPSA) is 124 Å². The summed E-state index contributed by atoms with van der Waals surface area (Å²) in [6, 6.07) is -1.68. The maximum absolute atomic E-state index is 10.5. The maximum Gasteiger partial charge on any atom is 0.269 e. The lowest BCUT2D eigenvalue weighted by Gasteiger charge is -2.40. The number of hydrogen-bond acceptors (Lipinski definition) is 6. The highest BCUT2D eigenvalue weighted by atomic mass is 16.6. The van der Waals surface area contributed by atoms with E-state index in [2.05, 4.69) is 0 Å². The van der Waals surface area contributed by atoms with E-state index in [0.717, 1.165) is 6.92 Å². The fourth-order valence-electron chi connectivity index (χ4n) is 1.81. The molecule has 0 unspecified atom stereocenters. The van der Waals surface area contributed by atoms with Gasteiger partial charge in [0.1, 0.15) is 12.2 Å². The Bertz CT molecular complexity index is 242. The molecule has 1 saturated carbocycles. The SMILES string of the molecule is C[C@]1(O)[C@@H]([N+](=O)[O-])[C@H](O)C[C@@H](O)[C@@H]1O. The average molecular weight is 207 g/mol. The molecule has 4 N–H and O–H groups in total. The lowest BCUT2D eigenvalue weighted by atomic mass is 9.76. The number of rotatable bonds is 1. The van der Waals surface area contributed by atoms with Gasteiger partial charge in [0.05, 0.1) is 6.10 Å². The summed E-state index contributed by atoms with van der Waals surface area (Å²) in [5.74, 6) is 0. The van der Waals surface area contributed by atoms with Gasteiger partial charge in [-0.05, 0) is 6.92 Å². The Kier molecular flexibility index (Phi) is 2.77. The Labute approximate surface area is 79.8 Å². The first kappa shape index (κ1) is 11.3. The molecule has 82 valence electrons. The van der Waals surface area contributed by atoms with E-state index in [1.54, 1.807) is 0 Å². The van der Waals surface area contributed by atoms with Crippen molar-refractivity contribution in [1.29, 1.82) is 0 Å². The normalized spacial score (nSPS) is 48.9. The summed E-state index contributed by atoms with van der Waals surface area (Å²) in [4.78, 5) is 9.68. The van der Waals surface area contributed by atoms with Gasteiger partial charge in [0.15, 0.2) is 5.60 Å². The van der Waals surface area contributed by atoms with Crippen molar-refractivity contribution in [3.63, 3.8) is 0 Å². The Morgan fingerprint density at radius 1 is 1.36 bits per heavy atom. The molecule has 0 heterocycles. The summed E-state index contributed by atoms with van der Waals surface area (Å²) in [5, 5.41) is 47.9. The first-order valence-corrected chi connectivity index (χ1v) is 4.18. The molecule has 0 bridgehead atoms. The highest BCUT2D eigenvalue weighted by Gasteiger charge is 2.57. The molecule has 0 aromatic rings. The molecule has 7 heteroatoms. The van der Waals surface area contributed by atoms with Gasteiger partial charge in [-0.2, -0.15) is 0 Å². The molecule has 1 aliphatic rings. The zero-order valence-electron chi connectivity index (χ0n) is 7.57. The van der Waals surface area contributed by atoms with Crippen molar-refractivity contribution in [2.75, 3.05) is 0 Å². The van der Waals surface area contributed by atoms with E-state index in [9.17, 15) is 30.5 Å². The number of nitrogens with zero attached hydrogens (tertiary/aromatic N) is 1.